The van der Waals surface area contributed by atoms with E-state index in [2.05, 4.69) is 11.0 Å². The summed E-state index contributed by atoms with van der Waals surface area (Å²) in [5, 5.41) is 10.4. The number of thiophene rings is 1. The Bertz CT molecular complexity index is 1700. The lowest BCUT2D eigenvalue weighted by atomic mass is 9.81. The van der Waals surface area contributed by atoms with E-state index < -0.39 is 46.2 Å². The van der Waals surface area contributed by atoms with Crippen LogP contribution >= 0.6 is 11.3 Å². The Hall–Kier alpha value is -3.96. The third-order valence-electron chi connectivity index (χ3n) is 8.68. The van der Waals surface area contributed by atoms with Crippen molar-refractivity contribution >= 4 is 28.8 Å². The quantitative estimate of drug-likeness (QED) is 0.226. The summed E-state index contributed by atoms with van der Waals surface area (Å²) >= 11 is 1.23. The average Bonchev–Trinajstić information content (AvgIpc) is 3.37. The van der Waals surface area contributed by atoms with E-state index in [-0.39, 0.29) is 23.2 Å². The summed E-state index contributed by atoms with van der Waals surface area (Å²) in [4.78, 5) is 32.0. The predicted molar refractivity (Wildman–Crippen MR) is 169 cm³/mol. The van der Waals surface area contributed by atoms with Crippen molar-refractivity contribution in [2.45, 2.75) is 58.3 Å². The minimum absolute atomic E-state index is 0.00531. The molecule has 0 atom stereocenters. The van der Waals surface area contributed by atoms with Crippen LogP contribution in [-0.4, -0.2) is 61.4 Å². The molecular formula is C34H35F7N4O2S. The van der Waals surface area contributed by atoms with Gasteiger partial charge in [0.1, 0.15) is 11.9 Å². The highest BCUT2D eigenvalue weighted by Gasteiger charge is 2.42. The lowest BCUT2D eigenvalue weighted by Crippen LogP contribution is -2.48. The predicted octanol–water partition coefficient (Wildman–Crippen LogP) is 7.81. The normalized spacial score (nSPS) is 14.6. The third kappa shape index (κ3) is 7.84. The highest BCUT2D eigenvalue weighted by molar-refractivity contribution is 7.16. The molecule has 1 aromatic heterocycles. The molecule has 4 rings (SSSR count). The van der Waals surface area contributed by atoms with Crippen LogP contribution < -0.4 is 4.90 Å². The van der Waals surface area contributed by atoms with Gasteiger partial charge in [0.25, 0.3) is 0 Å². The summed E-state index contributed by atoms with van der Waals surface area (Å²) in [6.45, 7) is 8.91. The molecule has 3 aromatic rings. The molecular weight excluding hydrogens is 661 g/mol. The summed E-state index contributed by atoms with van der Waals surface area (Å²) in [5.41, 5.74) is -4.18. The maximum absolute atomic E-state index is 14.1. The molecule has 258 valence electrons. The SMILES string of the molecule is CC(=O)N1CCN(CCCc2sc(-c3ccc(F)cc3C)c(N(C)C(=O)C(C)(C)c3cc(C(F)(F)F)cc(C(F)(F)F)c3)c2C#N)CC1. The highest BCUT2D eigenvalue weighted by Crippen LogP contribution is 2.46. The summed E-state index contributed by atoms with van der Waals surface area (Å²) in [7, 11) is 1.33. The van der Waals surface area contributed by atoms with E-state index in [4.69, 9.17) is 0 Å². The topological polar surface area (TPSA) is 67.7 Å². The Morgan fingerprint density at radius 2 is 1.50 bits per heavy atom. The van der Waals surface area contributed by atoms with Gasteiger partial charge in [0.15, 0.2) is 0 Å². The second-order valence-corrected chi connectivity index (χ2v) is 13.5. The molecule has 1 aliphatic rings. The number of hydrogen-bond donors (Lipinski definition) is 0. The number of likely N-dealkylation sites (N-methyl/N-ethyl adjacent to an activating group) is 1. The van der Waals surface area contributed by atoms with Crippen molar-refractivity contribution < 1.29 is 40.3 Å². The van der Waals surface area contributed by atoms with Crippen LogP contribution in [0.5, 0.6) is 0 Å². The maximum Gasteiger partial charge on any atom is 0.416 e. The lowest BCUT2D eigenvalue weighted by Gasteiger charge is -2.34. The van der Waals surface area contributed by atoms with Crippen LogP contribution in [0.1, 0.15) is 59.9 Å². The number of rotatable bonds is 8. The van der Waals surface area contributed by atoms with Gasteiger partial charge in [0.05, 0.1) is 32.7 Å². The van der Waals surface area contributed by atoms with Gasteiger partial charge in [-0.15, -0.1) is 11.3 Å². The average molecular weight is 697 g/mol. The number of hydrogen-bond acceptors (Lipinski definition) is 5. The molecule has 0 spiro atoms. The van der Waals surface area contributed by atoms with E-state index in [0.29, 0.717) is 78.6 Å². The summed E-state index contributed by atoms with van der Waals surface area (Å²) < 4.78 is 96.2. The fourth-order valence-corrected chi connectivity index (χ4v) is 7.27. The zero-order chi connectivity index (χ0) is 35.8. The molecule has 1 fully saturated rings. The first-order valence-electron chi connectivity index (χ1n) is 15.1. The van der Waals surface area contributed by atoms with Gasteiger partial charge in [-0.1, -0.05) is 6.07 Å². The second kappa shape index (κ2) is 13.9. The van der Waals surface area contributed by atoms with Crippen molar-refractivity contribution in [3.63, 3.8) is 0 Å². The molecule has 0 unspecified atom stereocenters. The standard InChI is InChI=1S/C34H35F7N4O2S/c1-20-15-25(35)8-9-26(20)30-29(27(19-42)28(48-30)7-6-10-44-11-13-45(14-12-44)21(2)46)43(5)31(47)32(3,4)22-16-23(33(36,37)38)18-24(17-22)34(39,40)41/h8-9,15-18H,6-7,10-14H2,1-5H3. The second-order valence-electron chi connectivity index (χ2n) is 12.4. The molecule has 6 nitrogen and oxygen atoms in total. The number of piperazine rings is 1. The molecule has 0 radical (unpaired) electrons. The molecule has 0 aliphatic carbocycles. The van der Waals surface area contributed by atoms with Crippen LogP contribution in [0, 0.1) is 24.1 Å². The minimum Gasteiger partial charge on any atom is -0.340 e. The first kappa shape index (κ1) is 36.9. The van der Waals surface area contributed by atoms with Crippen molar-refractivity contribution in [2.24, 2.45) is 0 Å². The van der Waals surface area contributed by atoms with Gasteiger partial charge in [0, 0.05) is 45.0 Å². The molecule has 2 aromatic carbocycles. The van der Waals surface area contributed by atoms with E-state index in [1.165, 1.54) is 57.4 Å². The fraction of sp³-hybridized carbons (Fsp3) is 0.441. The fourth-order valence-electron chi connectivity index (χ4n) is 5.85. The number of nitrogens with zero attached hydrogens (tertiary/aromatic N) is 4. The number of alkyl halides is 6. The van der Waals surface area contributed by atoms with Crippen molar-refractivity contribution in [1.82, 2.24) is 9.80 Å². The van der Waals surface area contributed by atoms with Crippen molar-refractivity contribution in [3.05, 3.63) is 74.9 Å². The zero-order valence-electron chi connectivity index (χ0n) is 27.1. The van der Waals surface area contributed by atoms with Crippen molar-refractivity contribution in [3.8, 4) is 16.5 Å². The molecule has 0 N–H and O–H groups in total. The van der Waals surface area contributed by atoms with E-state index in [1.54, 1.807) is 11.8 Å². The zero-order valence-corrected chi connectivity index (χ0v) is 27.9. The smallest absolute Gasteiger partial charge is 0.340 e. The van der Waals surface area contributed by atoms with E-state index in [1.807, 2.05) is 0 Å². The van der Waals surface area contributed by atoms with E-state index in [0.717, 1.165) is 4.90 Å². The number of anilines is 1. The molecule has 1 saturated heterocycles. The number of halogens is 7. The number of aryl methyl sites for hydroxylation is 2. The number of amides is 2. The Morgan fingerprint density at radius 1 is 0.938 bits per heavy atom. The third-order valence-corrected chi connectivity index (χ3v) is 9.95. The van der Waals surface area contributed by atoms with Crippen LogP contribution in [0.2, 0.25) is 0 Å². The number of carbonyl (C=O) groups is 2. The highest BCUT2D eigenvalue weighted by atomic mass is 32.1. The van der Waals surface area contributed by atoms with Gasteiger partial charge >= 0.3 is 12.4 Å². The number of benzene rings is 2. The summed E-state index contributed by atoms with van der Waals surface area (Å²) in [6, 6.07) is 7.26. The molecule has 14 heteroatoms. The van der Waals surface area contributed by atoms with Crippen LogP contribution in [0.15, 0.2) is 36.4 Å². The van der Waals surface area contributed by atoms with Crippen LogP contribution in [-0.2, 0) is 33.8 Å². The molecule has 0 bridgehead atoms. The molecule has 0 saturated carbocycles. The molecule has 2 heterocycles. The lowest BCUT2D eigenvalue weighted by molar-refractivity contribution is -0.143. The maximum atomic E-state index is 14.1. The van der Waals surface area contributed by atoms with Crippen LogP contribution in [0.25, 0.3) is 10.4 Å². The molecule has 1 aliphatic heterocycles. The first-order chi connectivity index (χ1) is 22.2. The first-order valence-corrected chi connectivity index (χ1v) is 16.0. The number of nitriles is 1. The Labute approximate surface area is 278 Å². The Kier molecular flexibility index (Phi) is 10.7. The van der Waals surface area contributed by atoms with E-state index >= 15 is 0 Å². The minimum atomic E-state index is -5.11. The molecule has 48 heavy (non-hydrogen) atoms. The van der Waals surface area contributed by atoms with Gasteiger partial charge in [0.2, 0.25) is 11.8 Å². The number of carbonyl (C=O) groups excluding carboxylic acids is 2. The van der Waals surface area contributed by atoms with E-state index in [9.17, 15) is 45.6 Å². The van der Waals surface area contributed by atoms with Crippen LogP contribution in [0.3, 0.4) is 0 Å². The Balaban J connectivity index is 1.74. The monoisotopic (exact) mass is 696 g/mol. The van der Waals surface area contributed by atoms with Gasteiger partial charge in [-0.2, -0.15) is 31.6 Å². The van der Waals surface area contributed by atoms with Gasteiger partial charge in [-0.05, 0) is 87.2 Å². The van der Waals surface area contributed by atoms with Gasteiger partial charge < -0.3 is 9.80 Å². The molecule has 2 amide bonds. The summed E-state index contributed by atoms with van der Waals surface area (Å²) in [5.74, 6) is -1.34. The van der Waals surface area contributed by atoms with Crippen LogP contribution in [0.4, 0.5) is 36.4 Å². The van der Waals surface area contributed by atoms with Gasteiger partial charge in [-0.3, -0.25) is 14.5 Å². The summed E-state index contributed by atoms with van der Waals surface area (Å²) in [6.07, 6.45) is -9.15. The van der Waals surface area contributed by atoms with Gasteiger partial charge in [-0.25, -0.2) is 4.39 Å². The van der Waals surface area contributed by atoms with Crippen molar-refractivity contribution in [2.75, 3.05) is 44.7 Å². The largest absolute Gasteiger partial charge is 0.416 e. The Morgan fingerprint density at radius 3 is 2.00 bits per heavy atom. The van der Waals surface area contributed by atoms with Crippen molar-refractivity contribution in [1.29, 1.82) is 5.26 Å².